The van der Waals surface area contributed by atoms with Gasteiger partial charge in [0.25, 0.3) is 5.91 Å². The van der Waals surface area contributed by atoms with Crippen molar-refractivity contribution in [2.45, 2.75) is 38.1 Å². The van der Waals surface area contributed by atoms with Crippen LogP contribution in [-0.4, -0.2) is 47.7 Å². The number of carbonyl (C=O) groups is 1. The molecule has 3 heterocycles. The number of hydrogen-bond donors (Lipinski definition) is 0. The zero-order valence-electron chi connectivity index (χ0n) is 15.6. The SMILES string of the molecule is CCN(CC)S(=O)(=O)c1cc(C(=O)N2CCc3sccc3[C@H]2C)n(C)c1. The zero-order valence-corrected chi connectivity index (χ0v) is 17.2. The van der Waals surface area contributed by atoms with Crippen molar-refractivity contribution < 1.29 is 13.2 Å². The van der Waals surface area contributed by atoms with Gasteiger partial charge in [0.1, 0.15) is 10.6 Å². The minimum atomic E-state index is -3.58. The van der Waals surface area contributed by atoms with Crippen molar-refractivity contribution in [2.75, 3.05) is 19.6 Å². The molecule has 2 aromatic heterocycles. The van der Waals surface area contributed by atoms with Crippen LogP contribution >= 0.6 is 11.3 Å². The maximum absolute atomic E-state index is 13.1. The zero-order chi connectivity index (χ0) is 19.1. The summed E-state index contributed by atoms with van der Waals surface area (Å²) in [6, 6.07) is 3.58. The first kappa shape index (κ1) is 19.1. The van der Waals surface area contributed by atoms with E-state index in [4.69, 9.17) is 0 Å². The van der Waals surface area contributed by atoms with Crippen molar-refractivity contribution in [3.05, 3.63) is 39.8 Å². The normalized spacial score (nSPS) is 17.6. The van der Waals surface area contributed by atoms with Gasteiger partial charge in [-0.3, -0.25) is 4.79 Å². The van der Waals surface area contributed by atoms with Gasteiger partial charge < -0.3 is 9.47 Å². The van der Waals surface area contributed by atoms with Crippen molar-refractivity contribution in [1.29, 1.82) is 0 Å². The first-order chi connectivity index (χ1) is 12.3. The molecule has 142 valence electrons. The highest BCUT2D eigenvalue weighted by Gasteiger charge is 2.32. The lowest BCUT2D eigenvalue weighted by Gasteiger charge is -2.33. The maximum atomic E-state index is 13.1. The number of nitrogens with zero attached hydrogens (tertiary/aromatic N) is 3. The van der Waals surface area contributed by atoms with E-state index < -0.39 is 10.0 Å². The van der Waals surface area contributed by atoms with Crippen LogP contribution in [0.25, 0.3) is 0 Å². The molecule has 0 spiro atoms. The lowest BCUT2D eigenvalue weighted by atomic mass is 10.0. The number of fused-ring (bicyclic) bond motifs is 1. The monoisotopic (exact) mass is 395 g/mol. The third-order valence-electron chi connectivity index (χ3n) is 5.08. The lowest BCUT2D eigenvalue weighted by Crippen LogP contribution is -2.39. The van der Waals surface area contributed by atoms with Crippen LogP contribution in [-0.2, 0) is 23.5 Å². The van der Waals surface area contributed by atoms with Crippen LogP contribution in [0.1, 0.15) is 47.7 Å². The van der Waals surface area contributed by atoms with E-state index in [-0.39, 0.29) is 16.8 Å². The average molecular weight is 396 g/mol. The topological polar surface area (TPSA) is 62.6 Å². The Hall–Kier alpha value is -1.64. The Morgan fingerprint density at radius 2 is 2.04 bits per heavy atom. The molecule has 3 rings (SSSR count). The third-order valence-corrected chi connectivity index (χ3v) is 8.09. The van der Waals surface area contributed by atoms with E-state index in [2.05, 4.69) is 11.4 Å². The summed E-state index contributed by atoms with van der Waals surface area (Å²) in [5.41, 5.74) is 1.60. The standard InChI is InChI=1S/C18H25N3O3S2/c1-5-20(6-2)26(23,24)14-11-16(19(4)12-14)18(22)21-9-7-17-15(13(21)3)8-10-25-17/h8,10-13H,5-7,9H2,1-4H3/t13-/m1/s1. The van der Waals surface area contributed by atoms with E-state index in [9.17, 15) is 13.2 Å². The molecule has 2 aromatic rings. The summed E-state index contributed by atoms with van der Waals surface area (Å²) in [5, 5.41) is 2.06. The molecular weight excluding hydrogens is 370 g/mol. The van der Waals surface area contributed by atoms with Gasteiger partial charge in [0.05, 0.1) is 6.04 Å². The second-order valence-electron chi connectivity index (χ2n) is 6.48. The highest BCUT2D eigenvalue weighted by molar-refractivity contribution is 7.89. The van der Waals surface area contributed by atoms with Gasteiger partial charge in [0.15, 0.2) is 0 Å². The molecule has 0 saturated heterocycles. The molecule has 1 aliphatic rings. The summed E-state index contributed by atoms with van der Waals surface area (Å²) < 4.78 is 28.5. The van der Waals surface area contributed by atoms with Gasteiger partial charge in [-0.1, -0.05) is 13.8 Å². The molecule has 0 N–H and O–H groups in total. The molecular formula is C18H25N3O3S2. The first-order valence-corrected chi connectivity index (χ1v) is 11.2. The number of aryl methyl sites for hydroxylation is 1. The molecule has 0 bridgehead atoms. The van der Waals surface area contributed by atoms with Crippen molar-refractivity contribution >= 4 is 27.3 Å². The molecule has 0 saturated carbocycles. The Kier molecular flexibility index (Phi) is 5.28. The summed E-state index contributed by atoms with van der Waals surface area (Å²) >= 11 is 1.73. The van der Waals surface area contributed by atoms with Crippen molar-refractivity contribution in [1.82, 2.24) is 13.8 Å². The predicted molar refractivity (Wildman–Crippen MR) is 103 cm³/mol. The van der Waals surface area contributed by atoms with E-state index in [0.29, 0.717) is 25.3 Å². The number of sulfonamides is 1. The predicted octanol–water partition coefficient (Wildman–Crippen LogP) is 2.88. The summed E-state index contributed by atoms with van der Waals surface area (Å²) in [7, 11) is -1.86. The van der Waals surface area contributed by atoms with Crippen molar-refractivity contribution in [2.24, 2.45) is 7.05 Å². The third kappa shape index (κ3) is 3.10. The quantitative estimate of drug-likeness (QED) is 0.782. The van der Waals surface area contributed by atoms with Gasteiger partial charge in [-0.15, -0.1) is 11.3 Å². The highest BCUT2D eigenvalue weighted by atomic mass is 32.2. The second kappa shape index (κ2) is 7.17. The number of aromatic nitrogens is 1. The van der Waals surface area contributed by atoms with Crippen LogP contribution in [0.2, 0.25) is 0 Å². The molecule has 8 heteroatoms. The van der Waals surface area contributed by atoms with E-state index in [1.165, 1.54) is 27.0 Å². The number of amides is 1. The van der Waals surface area contributed by atoms with Gasteiger partial charge in [-0.05, 0) is 36.4 Å². The highest BCUT2D eigenvalue weighted by Crippen LogP contribution is 2.34. The Bertz CT molecular complexity index is 910. The molecule has 1 amide bonds. The molecule has 0 unspecified atom stereocenters. The van der Waals surface area contributed by atoms with Crippen LogP contribution in [0.3, 0.4) is 0 Å². The summed E-state index contributed by atoms with van der Waals surface area (Å²) in [4.78, 5) is 16.4. The van der Waals surface area contributed by atoms with Gasteiger partial charge in [-0.2, -0.15) is 4.31 Å². The number of rotatable bonds is 5. The maximum Gasteiger partial charge on any atom is 0.271 e. The van der Waals surface area contributed by atoms with Crippen LogP contribution in [0.4, 0.5) is 0 Å². The van der Waals surface area contributed by atoms with Crippen molar-refractivity contribution in [3.8, 4) is 0 Å². The minimum Gasteiger partial charge on any atom is -0.345 e. The minimum absolute atomic E-state index is 0.00441. The molecule has 26 heavy (non-hydrogen) atoms. The summed E-state index contributed by atoms with van der Waals surface area (Å²) in [6.45, 7) is 7.10. The first-order valence-electron chi connectivity index (χ1n) is 8.85. The fourth-order valence-electron chi connectivity index (χ4n) is 3.53. The molecule has 6 nitrogen and oxygen atoms in total. The number of hydrogen-bond acceptors (Lipinski definition) is 4. The lowest BCUT2D eigenvalue weighted by molar-refractivity contribution is 0.0669. The molecule has 0 fully saturated rings. The molecule has 1 aliphatic heterocycles. The average Bonchev–Trinajstić information content (AvgIpc) is 3.22. The van der Waals surface area contributed by atoms with E-state index in [1.807, 2.05) is 25.7 Å². The van der Waals surface area contributed by atoms with Gasteiger partial charge >= 0.3 is 0 Å². The molecule has 0 aliphatic carbocycles. The Labute approximate surface area is 159 Å². The van der Waals surface area contributed by atoms with E-state index in [1.54, 1.807) is 23.0 Å². The fraction of sp³-hybridized carbons (Fsp3) is 0.500. The number of carbonyl (C=O) groups excluding carboxylic acids is 1. The van der Waals surface area contributed by atoms with Gasteiger partial charge in [0.2, 0.25) is 10.0 Å². The molecule has 0 radical (unpaired) electrons. The molecule has 1 atom stereocenters. The Balaban J connectivity index is 1.91. The number of thiophene rings is 1. The van der Waals surface area contributed by atoms with Gasteiger partial charge in [-0.25, -0.2) is 8.42 Å². The summed E-state index contributed by atoms with van der Waals surface area (Å²) in [5.74, 6) is -0.127. The van der Waals surface area contributed by atoms with Crippen molar-refractivity contribution in [3.63, 3.8) is 0 Å². The smallest absolute Gasteiger partial charge is 0.271 e. The van der Waals surface area contributed by atoms with Crippen LogP contribution < -0.4 is 0 Å². The second-order valence-corrected chi connectivity index (χ2v) is 9.42. The molecule has 0 aromatic carbocycles. The van der Waals surface area contributed by atoms with Gasteiger partial charge in [0, 0.05) is 37.8 Å². The Morgan fingerprint density at radius 1 is 1.35 bits per heavy atom. The Morgan fingerprint density at radius 3 is 2.69 bits per heavy atom. The van der Waals surface area contributed by atoms with Crippen LogP contribution in [0.15, 0.2) is 28.6 Å². The summed E-state index contributed by atoms with van der Waals surface area (Å²) in [6.07, 6.45) is 2.38. The largest absolute Gasteiger partial charge is 0.345 e. The van der Waals surface area contributed by atoms with Crippen LogP contribution in [0, 0.1) is 0 Å². The van der Waals surface area contributed by atoms with E-state index in [0.717, 1.165) is 6.42 Å². The fourth-order valence-corrected chi connectivity index (χ4v) is 6.03. The van der Waals surface area contributed by atoms with Crippen LogP contribution in [0.5, 0.6) is 0 Å². The van der Waals surface area contributed by atoms with E-state index >= 15 is 0 Å².